The van der Waals surface area contributed by atoms with Crippen LogP contribution in [-0.4, -0.2) is 25.6 Å². The van der Waals surface area contributed by atoms with Crippen molar-refractivity contribution in [1.82, 2.24) is 10.6 Å². The number of hydrogen-bond acceptors (Lipinski definition) is 3. The number of hydrogen-bond donors (Lipinski definition) is 2. The molecule has 0 radical (unpaired) electrons. The predicted molar refractivity (Wildman–Crippen MR) is 101 cm³/mol. The van der Waals surface area contributed by atoms with Crippen molar-refractivity contribution in [2.45, 2.75) is 40.2 Å². The van der Waals surface area contributed by atoms with E-state index in [-0.39, 0.29) is 29.8 Å². The van der Waals surface area contributed by atoms with Gasteiger partial charge in [0.2, 0.25) is 5.91 Å². The first-order chi connectivity index (χ1) is 10.8. The van der Waals surface area contributed by atoms with Crippen molar-refractivity contribution in [1.29, 1.82) is 0 Å². The Balaban J connectivity index is 0.00000288. The predicted octanol–water partition coefficient (Wildman–Crippen LogP) is 3.35. The van der Waals surface area contributed by atoms with Gasteiger partial charge in [0.25, 0.3) is 0 Å². The molecule has 1 aliphatic heterocycles. The van der Waals surface area contributed by atoms with Crippen LogP contribution in [0.4, 0.5) is 0 Å². The van der Waals surface area contributed by atoms with Gasteiger partial charge in [-0.05, 0) is 56.5 Å². The van der Waals surface area contributed by atoms with Crippen molar-refractivity contribution >= 4 is 18.3 Å². The van der Waals surface area contributed by atoms with Gasteiger partial charge in [0.1, 0.15) is 5.75 Å². The zero-order valence-electron chi connectivity index (χ0n) is 15.4. The van der Waals surface area contributed by atoms with Crippen LogP contribution in [0.25, 0.3) is 0 Å². The van der Waals surface area contributed by atoms with E-state index in [1.54, 1.807) is 0 Å². The van der Waals surface area contributed by atoms with Gasteiger partial charge in [-0.15, -0.1) is 12.4 Å². The maximum absolute atomic E-state index is 12.4. The number of carbonyl (C=O) groups excluding carboxylic acids is 1. The summed E-state index contributed by atoms with van der Waals surface area (Å²) in [5.41, 5.74) is 0.695. The van der Waals surface area contributed by atoms with E-state index in [4.69, 9.17) is 4.74 Å². The van der Waals surface area contributed by atoms with Crippen LogP contribution in [0.2, 0.25) is 0 Å². The average Bonchev–Trinajstić information content (AvgIpc) is 2.43. The molecule has 136 valence electrons. The van der Waals surface area contributed by atoms with E-state index in [0.717, 1.165) is 24.4 Å². The topological polar surface area (TPSA) is 50.4 Å². The lowest BCUT2D eigenvalue weighted by atomic mass is 9.86. The van der Waals surface area contributed by atoms with Crippen molar-refractivity contribution in [3.63, 3.8) is 0 Å². The zero-order chi connectivity index (χ0) is 17.0. The maximum Gasteiger partial charge on any atom is 0.223 e. The summed E-state index contributed by atoms with van der Waals surface area (Å²) in [6.45, 7) is 13.0. The first-order valence-corrected chi connectivity index (χ1v) is 8.55. The van der Waals surface area contributed by atoms with Gasteiger partial charge in [-0.1, -0.05) is 32.9 Å². The summed E-state index contributed by atoms with van der Waals surface area (Å²) in [5.74, 6) is 2.01. The van der Waals surface area contributed by atoms with Gasteiger partial charge >= 0.3 is 0 Å². The molecule has 0 saturated carbocycles. The van der Waals surface area contributed by atoms with E-state index in [1.807, 2.05) is 45.0 Å². The van der Waals surface area contributed by atoms with Crippen molar-refractivity contribution in [2.24, 2.45) is 17.8 Å². The van der Waals surface area contributed by atoms with Crippen LogP contribution in [0, 0.1) is 17.8 Å². The molecule has 0 aliphatic carbocycles. The molecule has 1 atom stereocenters. The summed E-state index contributed by atoms with van der Waals surface area (Å²) in [4.78, 5) is 12.4. The molecular formula is C19H31ClN2O2. The third kappa shape index (κ3) is 5.38. The van der Waals surface area contributed by atoms with Gasteiger partial charge in [0, 0.05) is 5.92 Å². The molecular weight excluding hydrogens is 324 g/mol. The van der Waals surface area contributed by atoms with Gasteiger partial charge in [-0.25, -0.2) is 0 Å². The molecule has 2 rings (SSSR count). The van der Waals surface area contributed by atoms with E-state index in [0.29, 0.717) is 18.4 Å². The molecule has 1 unspecified atom stereocenters. The third-order valence-electron chi connectivity index (χ3n) is 4.53. The number of benzene rings is 1. The Morgan fingerprint density at radius 2 is 1.83 bits per heavy atom. The van der Waals surface area contributed by atoms with Crippen LogP contribution < -0.4 is 15.4 Å². The molecule has 0 spiro atoms. The molecule has 0 bridgehead atoms. The highest BCUT2D eigenvalue weighted by atomic mass is 35.5. The summed E-state index contributed by atoms with van der Waals surface area (Å²) >= 11 is 0. The highest BCUT2D eigenvalue weighted by molar-refractivity contribution is 5.85. The minimum Gasteiger partial charge on any atom is -0.493 e. The van der Waals surface area contributed by atoms with E-state index in [1.165, 1.54) is 0 Å². The monoisotopic (exact) mass is 354 g/mol. The molecule has 1 amide bonds. The van der Waals surface area contributed by atoms with Crippen LogP contribution in [0.3, 0.4) is 0 Å². The van der Waals surface area contributed by atoms with Gasteiger partial charge in [-0.3, -0.25) is 4.79 Å². The minimum absolute atomic E-state index is 0. The lowest BCUT2D eigenvalue weighted by molar-refractivity contribution is -0.128. The van der Waals surface area contributed by atoms with E-state index >= 15 is 0 Å². The molecule has 1 saturated heterocycles. The van der Waals surface area contributed by atoms with Crippen molar-refractivity contribution in [2.75, 3.05) is 19.7 Å². The van der Waals surface area contributed by atoms with Crippen molar-refractivity contribution in [3.8, 4) is 5.75 Å². The highest BCUT2D eigenvalue weighted by Gasteiger charge is 2.32. The molecule has 2 N–H and O–H groups in total. The summed E-state index contributed by atoms with van der Waals surface area (Å²) in [6.07, 6.45) is 0. The summed E-state index contributed by atoms with van der Waals surface area (Å²) in [5, 5.41) is 6.41. The Labute approximate surface area is 152 Å². The van der Waals surface area contributed by atoms with E-state index in [9.17, 15) is 4.79 Å². The first kappa shape index (κ1) is 20.8. The maximum atomic E-state index is 12.4. The summed E-state index contributed by atoms with van der Waals surface area (Å²) < 4.78 is 5.71. The van der Waals surface area contributed by atoms with Gasteiger partial charge in [-0.2, -0.15) is 0 Å². The van der Waals surface area contributed by atoms with E-state index in [2.05, 4.69) is 24.5 Å². The Morgan fingerprint density at radius 3 is 2.29 bits per heavy atom. The first-order valence-electron chi connectivity index (χ1n) is 8.55. The Kier molecular flexibility index (Phi) is 7.56. The molecule has 24 heavy (non-hydrogen) atoms. The average molecular weight is 355 g/mol. The lowest BCUT2D eigenvalue weighted by Crippen LogP contribution is -2.52. The second kappa shape index (κ2) is 8.72. The Bertz CT molecular complexity index is 525. The normalized spacial score (nSPS) is 16.1. The molecule has 1 aromatic carbocycles. The lowest BCUT2D eigenvalue weighted by Gasteiger charge is -2.35. The highest BCUT2D eigenvalue weighted by Crippen LogP contribution is 2.25. The quantitative estimate of drug-likeness (QED) is 0.789. The van der Waals surface area contributed by atoms with Crippen LogP contribution in [-0.2, 0) is 10.3 Å². The van der Waals surface area contributed by atoms with Gasteiger partial charge in [0.15, 0.2) is 0 Å². The third-order valence-corrected chi connectivity index (χ3v) is 4.53. The largest absolute Gasteiger partial charge is 0.493 e. The fourth-order valence-electron chi connectivity index (χ4n) is 2.60. The summed E-state index contributed by atoms with van der Waals surface area (Å²) in [6, 6.07) is 8.02. The summed E-state index contributed by atoms with van der Waals surface area (Å²) in [7, 11) is 0. The number of ether oxygens (including phenoxy) is 1. The fraction of sp³-hybridized carbons (Fsp3) is 0.632. The van der Waals surface area contributed by atoms with Crippen LogP contribution in [0.1, 0.15) is 40.2 Å². The molecule has 0 aromatic heterocycles. The van der Waals surface area contributed by atoms with Crippen molar-refractivity contribution < 1.29 is 9.53 Å². The molecule has 1 fully saturated rings. The Hall–Kier alpha value is -1.26. The van der Waals surface area contributed by atoms with Crippen LogP contribution >= 0.6 is 12.4 Å². The van der Waals surface area contributed by atoms with Gasteiger partial charge < -0.3 is 15.4 Å². The number of nitrogens with one attached hydrogen (secondary N) is 2. The molecule has 5 heteroatoms. The number of carbonyl (C=O) groups is 1. The second-order valence-corrected chi connectivity index (χ2v) is 7.55. The molecule has 1 aromatic rings. The van der Waals surface area contributed by atoms with Crippen LogP contribution in [0.5, 0.6) is 5.75 Å². The van der Waals surface area contributed by atoms with E-state index < -0.39 is 0 Å². The second-order valence-electron chi connectivity index (χ2n) is 7.55. The number of rotatable bonds is 7. The van der Waals surface area contributed by atoms with Crippen molar-refractivity contribution in [3.05, 3.63) is 29.8 Å². The fourth-order valence-corrected chi connectivity index (χ4v) is 2.60. The zero-order valence-corrected chi connectivity index (χ0v) is 16.2. The molecule has 1 aliphatic rings. The minimum atomic E-state index is -0.390. The van der Waals surface area contributed by atoms with Crippen LogP contribution in [0.15, 0.2) is 24.3 Å². The molecule has 4 nitrogen and oxygen atoms in total. The molecule has 1 heterocycles. The number of halogens is 1. The SMILES string of the molecule is CC(C)COc1ccc(C(C)(C)NC(=O)C(C)C2CNC2)cc1.Cl. The van der Waals surface area contributed by atoms with Gasteiger partial charge in [0.05, 0.1) is 12.1 Å². The number of amides is 1. The Morgan fingerprint density at radius 1 is 1.25 bits per heavy atom. The smallest absolute Gasteiger partial charge is 0.223 e. The standard InChI is InChI=1S/C19H30N2O2.ClH/c1-13(2)12-23-17-8-6-16(7-9-17)19(4,5)21-18(22)14(3)15-10-20-11-15;/h6-9,13-15,20H,10-12H2,1-5H3,(H,21,22);1H.